The predicted molar refractivity (Wildman–Crippen MR) is 106 cm³/mol. The first-order valence-electron chi connectivity index (χ1n) is 8.87. The van der Waals surface area contributed by atoms with Gasteiger partial charge in [-0.3, -0.25) is 4.79 Å². The van der Waals surface area contributed by atoms with Crippen molar-refractivity contribution >= 4 is 12.0 Å². The molecule has 27 heavy (non-hydrogen) atoms. The highest BCUT2D eigenvalue weighted by Crippen LogP contribution is 2.30. The number of hydrogen-bond donors (Lipinski definition) is 3. The van der Waals surface area contributed by atoms with Crippen LogP contribution in [0.5, 0.6) is 0 Å². The minimum Gasteiger partial charge on any atom is -0.392 e. The third-order valence-corrected chi connectivity index (χ3v) is 4.44. The Hall–Kier alpha value is -2.50. The third kappa shape index (κ3) is 5.74. The fourth-order valence-electron chi connectivity index (χ4n) is 3.13. The molecular formula is C22H26FNO3. The standard InChI is InChI=1S/C22H26FNO3/c1-13-8-14(2)19(6-5-17(25)11-18(26)12-22(24)27)20(9-13)16-4-7-21(23)15(3)10-16/h4-10,17-18,25-26H,11-12H2,1-3H3,(H2,24,27)/t17-,18-/m1/s1. The molecule has 0 aromatic heterocycles. The highest BCUT2D eigenvalue weighted by Gasteiger charge is 2.13. The van der Waals surface area contributed by atoms with Crippen molar-refractivity contribution < 1.29 is 19.4 Å². The lowest BCUT2D eigenvalue weighted by molar-refractivity contribution is -0.120. The predicted octanol–water partition coefficient (Wildman–Crippen LogP) is 3.42. The molecule has 0 heterocycles. The number of hydrogen-bond acceptors (Lipinski definition) is 3. The van der Waals surface area contributed by atoms with E-state index >= 15 is 0 Å². The van der Waals surface area contributed by atoms with Gasteiger partial charge in [0.25, 0.3) is 0 Å². The van der Waals surface area contributed by atoms with Crippen LogP contribution in [0.15, 0.2) is 36.4 Å². The summed E-state index contributed by atoms with van der Waals surface area (Å²) < 4.78 is 13.6. The summed E-state index contributed by atoms with van der Waals surface area (Å²) in [7, 11) is 0. The molecule has 0 spiro atoms. The van der Waals surface area contributed by atoms with Gasteiger partial charge in [0.05, 0.1) is 18.6 Å². The molecule has 0 bridgehead atoms. The summed E-state index contributed by atoms with van der Waals surface area (Å²) in [4.78, 5) is 10.8. The number of carbonyl (C=O) groups excluding carboxylic acids is 1. The van der Waals surface area contributed by atoms with E-state index in [1.807, 2.05) is 26.0 Å². The molecule has 0 aliphatic heterocycles. The van der Waals surface area contributed by atoms with Gasteiger partial charge in [0, 0.05) is 6.42 Å². The fraction of sp³-hybridized carbons (Fsp3) is 0.318. The average Bonchev–Trinajstić information content (AvgIpc) is 2.55. The van der Waals surface area contributed by atoms with E-state index in [9.17, 15) is 19.4 Å². The number of nitrogens with two attached hydrogens (primary N) is 1. The summed E-state index contributed by atoms with van der Waals surface area (Å²) in [5.74, 6) is -0.860. The molecule has 1 amide bonds. The monoisotopic (exact) mass is 371 g/mol. The smallest absolute Gasteiger partial charge is 0.220 e. The second kappa shape index (κ2) is 8.93. The van der Waals surface area contributed by atoms with E-state index in [2.05, 4.69) is 0 Å². The number of amides is 1. The van der Waals surface area contributed by atoms with Gasteiger partial charge in [0.2, 0.25) is 5.91 Å². The number of halogens is 1. The van der Waals surface area contributed by atoms with Gasteiger partial charge < -0.3 is 15.9 Å². The lowest BCUT2D eigenvalue weighted by Gasteiger charge is -2.14. The van der Waals surface area contributed by atoms with Crippen molar-refractivity contribution in [2.24, 2.45) is 5.73 Å². The molecule has 144 valence electrons. The lowest BCUT2D eigenvalue weighted by Crippen LogP contribution is -2.23. The van der Waals surface area contributed by atoms with Crippen molar-refractivity contribution in [3.8, 4) is 11.1 Å². The lowest BCUT2D eigenvalue weighted by atomic mass is 9.92. The number of benzene rings is 2. The summed E-state index contributed by atoms with van der Waals surface area (Å²) in [5.41, 5.74) is 10.5. The van der Waals surface area contributed by atoms with Crippen LogP contribution in [0.4, 0.5) is 4.39 Å². The largest absolute Gasteiger partial charge is 0.392 e. The van der Waals surface area contributed by atoms with Crippen molar-refractivity contribution in [1.82, 2.24) is 0 Å². The minimum atomic E-state index is -0.986. The van der Waals surface area contributed by atoms with Gasteiger partial charge in [-0.25, -0.2) is 4.39 Å². The van der Waals surface area contributed by atoms with Crippen molar-refractivity contribution in [1.29, 1.82) is 0 Å². The van der Waals surface area contributed by atoms with Gasteiger partial charge in [0.1, 0.15) is 5.82 Å². The van der Waals surface area contributed by atoms with E-state index in [0.717, 1.165) is 27.8 Å². The first kappa shape index (κ1) is 20.8. The van der Waals surface area contributed by atoms with Crippen molar-refractivity contribution in [3.63, 3.8) is 0 Å². The second-order valence-corrected chi connectivity index (χ2v) is 6.99. The molecule has 4 N–H and O–H groups in total. The van der Waals surface area contributed by atoms with Crippen LogP contribution in [0.25, 0.3) is 17.2 Å². The molecule has 4 nitrogen and oxygen atoms in total. The quantitative estimate of drug-likeness (QED) is 0.697. The van der Waals surface area contributed by atoms with Crippen LogP contribution in [0.2, 0.25) is 0 Å². The Bertz CT molecular complexity index is 861. The van der Waals surface area contributed by atoms with Crippen LogP contribution in [0.1, 0.15) is 35.1 Å². The number of rotatable bonds is 7. The Balaban J connectivity index is 2.33. The molecule has 0 saturated heterocycles. The molecule has 2 aromatic rings. The zero-order chi connectivity index (χ0) is 20.1. The van der Waals surface area contributed by atoms with Gasteiger partial charge >= 0.3 is 0 Å². The van der Waals surface area contributed by atoms with Crippen LogP contribution in [-0.4, -0.2) is 28.3 Å². The number of primary amides is 1. The SMILES string of the molecule is Cc1cc(C)c(C=C[C@@H](O)C[C@@H](O)CC(N)=O)c(-c2ccc(F)c(C)c2)c1. The topological polar surface area (TPSA) is 83.6 Å². The van der Waals surface area contributed by atoms with Gasteiger partial charge in [0.15, 0.2) is 0 Å². The number of aryl methyl sites for hydroxylation is 3. The van der Waals surface area contributed by atoms with E-state index in [0.29, 0.717) is 5.56 Å². The molecule has 5 heteroatoms. The van der Waals surface area contributed by atoms with E-state index in [-0.39, 0.29) is 18.7 Å². The molecule has 0 saturated carbocycles. The molecule has 2 rings (SSSR count). The second-order valence-electron chi connectivity index (χ2n) is 6.99. The van der Waals surface area contributed by atoms with E-state index < -0.39 is 18.1 Å². The summed E-state index contributed by atoms with van der Waals surface area (Å²) in [5, 5.41) is 19.9. The van der Waals surface area contributed by atoms with Crippen molar-refractivity contribution in [2.45, 2.75) is 45.8 Å². The summed E-state index contributed by atoms with van der Waals surface area (Å²) >= 11 is 0. The zero-order valence-electron chi connectivity index (χ0n) is 15.9. The van der Waals surface area contributed by atoms with Crippen LogP contribution in [0.3, 0.4) is 0 Å². The van der Waals surface area contributed by atoms with E-state index in [4.69, 9.17) is 5.73 Å². The Morgan fingerprint density at radius 1 is 1.15 bits per heavy atom. The maximum absolute atomic E-state index is 13.6. The summed E-state index contributed by atoms with van der Waals surface area (Å²) in [6.07, 6.45) is 1.32. The van der Waals surface area contributed by atoms with Gasteiger partial charge in [-0.1, -0.05) is 35.9 Å². The summed E-state index contributed by atoms with van der Waals surface area (Å²) in [6.45, 7) is 5.69. The maximum atomic E-state index is 13.6. The Labute approximate surface area is 159 Å². The van der Waals surface area contributed by atoms with Crippen molar-refractivity contribution in [3.05, 3.63) is 64.5 Å². The van der Waals surface area contributed by atoms with Crippen molar-refractivity contribution in [2.75, 3.05) is 0 Å². The number of aliphatic hydroxyl groups excluding tert-OH is 2. The Morgan fingerprint density at radius 2 is 1.85 bits per heavy atom. The minimum absolute atomic E-state index is 0.0232. The molecule has 0 unspecified atom stereocenters. The van der Waals surface area contributed by atoms with Crippen LogP contribution < -0.4 is 5.73 Å². The maximum Gasteiger partial charge on any atom is 0.220 e. The number of carbonyl (C=O) groups is 1. The fourth-order valence-corrected chi connectivity index (χ4v) is 3.13. The Morgan fingerprint density at radius 3 is 2.48 bits per heavy atom. The summed E-state index contributed by atoms with van der Waals surface area (Å²) in [6, 6.07) is 9.04. The molecule has 2 aromatic carbocycles. The highest BCUT2D eigenvalue weighted by molar-refractivity contribution is 5.78. The van der Waals surface area contributed by atoms with Gasteiger partial charge in [-0.2, -0.15) is 0 Å². The Kier molecular flexibility index (Phi) is 6.88. The first-order chi connectivity index (χ1) is 12.7. The molecule has 0 radical (unpaired) electrons. The molecular weight excluding hydrogens is 345 g/mol. The van der Waals surface area contributed by atoms with Crippen LogP contribution >= 0.6 is 0 Å². The number of aliphatic hydroxyl groups is 2. The molecule has 2 atom stereocenters. The van der Waals surface area contributed by atoms with Gasteiger partial charge in [-0.05, 0) is 60.7 Å². The van der Waals surface area contributed by atoms with Gasteiger partial charge in [-0.15, -0.1) is 0 Å². The normalized spacial score (nSPS) is 13.7. The van der Waals surface area contributed by atoms with E-state index in [1.54, 1.807) is 31.2 Å². The average molecular weight is 371 g/mol. The van der Waals surface area contributed by atoms with Crippen LogP contribution in [0, 0.1) is 26.6 Å². The molecule has 0 aliphatic rings. The highest BCUT2D eigenvalue weighted by atomic mass is 19.1. The molecule has 0 fully saturated rings. The molecule has 0 aliphatic carbocycles. The third-order valence-electron chi connectivity index (χ3n) is 4.44. The van der Waals surface area contributed by atoms with E-state index in [1.165, 1.54) is 6.07 Å². The zero-order valence-corrected chi connectivity index (χ0v) is 15.9. The first-order valence-corrected chi connectivity index (χ1v) is 8.87. The van der Waals surface area contributed by atoms with Crippen LogP contribution in [-0.2, 0) is 4.79 Å².